The average Bonchev–Trinajstić information content (AvgIpc) is 3.53. The van der Waals surface area contributed by atoms with Gasteiger partial charge in [0, 0.05) is 28.7 Å². The smallest absolute Gasteiger partial charge is 0.251 e. The Kier molecular flexibility index (Phi) is 4.23. The first kappa shape index (κ1) is 17.2. The molecule has 3 fully saturated rings. The number of rotatable bonds is 6. The highest BCUT2D eigenvalue weighted by atomic mass is 35.5. The highest BCUT2D eigenvalue weighted by Gasteiger charge is 2.59. The van der Waals surface area contributed by atoms with E-state index in [2.05, 4.69) is 33.4 Å². The van der Waals surface area contributed by atoms with Gasteiger partial charge in [-0.05, 0) is 74.1 Å². The van der Waals surface area contributed by atoms with Crippen molar-refractivity contribution in [3.63, 3.8) is 0 Å². The highest BCUT2D eigenvalue weighted by molar-refractivity contribution is 6.30. The molecule has 0 saturated heterocycles. The molecule has 3 saturated carbocycles. The first-order chi connectivity index (χ1) is 13.1. The van der Waals surface area contributed by atoms with Crippen molar-refractivity contribution in [1.82, 2.24) is 20.3 Å². The topological polar surface area (TPSA) is 59.8 Å². The number of hydrogen-bond donors (Lipinski definition) is 1. The van der Waals surface area contributed by atoms with Crippen LogP contribution in [0.2, 0.25) is 5.02 Å². The molecule has 27 heavy (non-hydrogen) atoms. The third-order valence-corrected chi connectivity index (χ3v) is 6.96. The first-order valence-electron chi connectivity index (χ1n) is 10.1. The molecule has 3 aliphatic carbocycles. The molecule has 5 nitrogen and oxygen atoms in total. The number of benzene rings is 1. The van der Waals surface area contributed by atoms with Crippen LogP contribution in [0.25, 0.3) is 0 Å². The van der Waals surface area contributed by atoms with Crippen LogP contribution in [0.1, 0.15) is 67.0 Å². The van der Waals surface area contributed by atoms with Crippen LogP contribution in [0.15, 0.2) is 30.5 Å². The quantitative estimate of drug-likeness (QED) is 0.811. The zero-order chi connectivity index (χ0) is 18.5. The van der Waals surface area contributed by atoms with E-state index < -0.39 is 0 Å². The molecular weight excluding hydrogens is 360 g/mol. The molecule has 5 atom stereocenters. The Morgan fingerprint density at radius 1 is 1.26 bits per heavy atom. The molecule has 1 aromatic carbocycles. The van der Waals surface area contributed by atoms with Gasteiger partial charge in [0.1, 0.15) is 0 Å². The number of carbonyl (C=O) groups is 1. The van der Waals surface area contributed by atoms with E-state index in [-0.39, 0.29) is 11.9 Å². The van der Waals surface area contributed by atoms with Crippen LogP contribution in [0.3, 0.4) is 0 Å². The Bertz CT molecular complexity index is 832. The lowest BCUT2D eigenvalue weighted by atomic mass is 9.99. The molecule has 3 aliphatic rings. The predicted octanol–water partition coefficient (Wildman–Crippen LogP) is 4.21. The Balaban J connectivity index is 1.19. The molecule has 2 unspecified atom stereocenters. The van der Waals surface area contributed by atoms with Crippen LogP contribution in [0.4, 0.5) is 0 Å². The Morgan fingerprint density at radius 3 is 2.59 bits per heavy atom. The van der Waals surface area contributed by atoms with Gasteiger partial charge in [0.2, 0.25) is 0 Å². The molecule has 0 spiro atoms. The number of nitrogens with zero attached hydrogens (tertiary/aromatic N) is 3. The summed E-state index contributed by atoms with van der Waals surface area (Å²) < 4.78 is 2.10. The highest BCUT2D eigenvalue weighted by Crippen LogP contribution is 2.62. The summed E-state index contributed by atoms with van der Waals surface area (Å²) in [7, 11) is 0. The van der Waals surface area contributed by atoms with Crippen molar-refractivity contribution in [3.8, 4) is 0 Å². The van der Waals surface area contributed by atoms with Crippen molar-refractivity contribution in [1.29, 1.82) is 0 Å². The van der Waals surface area contributed by atoms with Crippen LogP contribution in [0.5, 0.6) is 0 Å². The van der Waals surface area contributed by atoms with E-state index in [1.54, 1.807) is 24.3 Å². The molecule has 0 aliphatic heterocycles. The van der Waals surface area contributed by atoms with Gasteiger partial charge >= 0.3 is 0 Å². The largest absolute Gasteiger partial charge is 0.349 e. The second-order valence-electron chi connectivity index (χ2n) is 8.42. The van der Waals surface area contributed by atoms with Crippen molar-refractivity contribution in [2.24, 2.45) is 17.8 Å². The van der Waals surface area contributed by atoms with Crippen LogP contribution in [-0.2, 0) is 0 Å². The molecule has 5 rings (SSSR count). The molecular formula is C21H25ClN4O. The summed E-state index contributed by atoms with van der Waals surface area (Å²) in [5.41, 5.74) is 1.85. The summed E-state index contributed by atoms with van der Waals surface area (Å²) in [6.45, 7) is 2.16. The van der Waals surface area contributed by atoms with E-state index in [0.717, 1.165) is 19.3 Å². The predicted molar refractivity (Wildman–Crippen MR) is 104 cm³/mol. The SMILES string of the molecule is CCC(NC(=O)c1ccc(Cl)cc1)C1[C@H]2C[C@@H](n3cc(C4CC4)nn3)C[C@@H]12. The molecule has 6 heteroatoms. The third-order valence-electron chi connectivity index (χ3n) is 6.71. The van der Waals surface area contributed by atoms with E-state index in [9.17, 15) is 4.79 Å². The lowest BCUT2D eigenvalue weighted by Gasteiger charge is -2.21. The maximum atomic E-state index is 12.6. The number of amides is 1. The fraction of sp³-hybridized carbons (Fsp3) is 0.571. The van der Waals surface area contributed by atoms with Gasteiger partial charge in [-0.15, -0.1) is 5.10 Å². The normalized spacial score (nSPS) is 30.0. The van der Waals surface area contributed by atoms with Gasteiger partial charge < -0.3 is 5.32 Å². The summed E-state index contributed by atoms with van der Waals surface area (Å²) in [4.78, 5) is 12.6. The van der Waals surface area contributed by atoms with Crippen LogP contribution < -0.4 is 5.32 Å². The van der Waals surface area contributed by atoms with E-state index in [1.807, 2.05) is 0 Å². The van der Waals surface area contributed by atoms with Gasteiger partial charge in [-0.2, -0.15) is 0 Å². The summed E-state index contributed by atoms with van der Waals surface area (Å²) in [6, 6.07) is 7.85. The number of halogens is 1. The average molecular weight is 385 g/mol. The standard InChI is InChI=1S/C21H25ClN4O/c1-2-18(23-21(27)13-5-7-14(22)8-6-13)20-16-9-15(10-17(16)20)26-11-19(24-25-26)12-3-4-12/h5-8,11-12,15-18,20H,2-4,9-10H2,1H3,(H,23,27)/t15-,16+,17-,18?,20?. The maximum absolute atomic E-state index is 12.6. The lowest BCUT2D eigenvalue weighted by Crippen LogP contribution is -2.37. The summed E-state index contributed by atoms with van der Waals surface area (Å²) >= 11 is 5.92. The summed E-state index contributed by atoms with van der Waals surface area (Å²) in [5.74, 6) is 2.69. The minimum atomic E-state index is 0.00499. The molecule has 0 bridgehead atoms. The second kappa shape index (κ2) is 6.62. The van der Waals surface area contributed by atoms with Crippen LogP contribution in [-0.4, -0.2) is 26.9 Å². The number of hydrogen-bond acceptors (Lipinski definition) is 3. The molecule has 2 aromatic rings. The molecule has 1 aromatic heterocycles. The van der Waals surface area contributed by atoms with Crippen molar-refractivity contribution in [3.05, 3.63) is 46.7 Å². The van der Waals surface area contributed by atoms with Gasteiger partial charge in [-0.1, -0.05) is 23.7 Å². The van der Waals surface area contributed by atoms with E-state index in [0.29, 0.717) is 40.3 Å². The van der Waals surface area contributed by atoms with Gasteiger partial charge in [0.05, 0.1) is 11.7 Å². The van der Waals surface area contributed by atoms with Crippen LogP contribution >= 0.6 is 11.6 Å². The fourth-order valence-corrected chi connectivity index (χ4v) is 5.16. The lowest BCUT2D eigenvalue weighted by molar-refractivity contribution is 0.0926. The summed E-state index contributed by atoms with van der Waals surface area (Å²) in [6.07, 6.45) is 8.00. The number of aromatic nitrogens is 3. The third kappa shape index (κ3) is 3.27. The minimum Gasteiger partial charge on any atom is -0.349 e. The number of nitrogens with one attached hydrogen (secondary N) is 1. The van der Waals surface area contributed by atoms with Gasteiger partial charge in [0.25, 0.3) is 5.91 Å². The van der Waals surface area contributed by atoms with Crippen molar-refractivity contribution < 1.29 is 4.79 Å². The maximum Gasteiger partial charge on any atom is 0.251 e. The Labute approximate surface area is 164 Å². The van der Waals surface area contributed by atoms with Gasteiger partial charge in [-0.25, -0.2) is 4.68 Å². The second-order valence-corrected chi connectivity index (χ2v) is 8.86. The minimum absolute atomic E-state index is 0.00499. The van der Waals surface area contributed by atoms with Gasteiger partial charge in [0.15, 0.2) is 0 Å². The first-order valence-corrected chi connectivity index (χ1v) is 10.5. The molecule has 1 heterocycles. The van der Waals surface area contributed by atoms with E-state index >= 15 is 0 Å². The van der Waals surface area contributed by atoms with Crippen molar-refractivity contribution in [2.45, 2.75) is 57.0 Å². The Morgan fingerprint density at radius 2 is 1.96 bits per heavy atom. The molecule has 0 radical (unpaired) electrons. The van der Waals surface area contributed by atoms with Gasteiger partial charge in [-0.3, -0.25) is 4.79 Å². The summed E-state index contributed by atoms with van der Waals surface area (Å²) in [5, 5.41) is 12.7. The molecule has 142 valence electrons. The monoisotopic (exact) mass is 384 g/mol. The Hall–Kier alpha value is -1.88. The van der Waals surface area contributed by atoms with Crippen molar-refractivity contribution >= 4 is 17.5 Å². The number of carbonyl (C=O) groups excluding carboxylic acids is 1. The number of fused-ring (bicyclic) bond motifs is 1. The van der Waals surface area contributed by atoms with E-state index in [4.69, 9.17) is 11.6 Å². The van der Waals surface area contributed by atoms with Crippen molar-refractivity contribution in [2.75, 3.05) is 0 Å². The zero-order valence-electron chi connectivity index (χ0n) is 15.5. The zero-order valence-corrected chi connectivity index (χ0v) is 16.3. The van der Waals surface area contributed by atoms with E-state index in [1.165, 1.54) is 18.5 Å². The molecule has 1 N–H and O–H groups in total. The molecule has 1 amide bonds. The fourth-order valence-electron chi connectivity index (χ4n) is 5.03. The van der Waals surface area contributed by atoms with Crippen LogP contribution in [0, 0.1) is 17.8 Å².